The summed E-state index contributed by atoms with van der Waals surface area (Å²) < 4.78 is 0. The molecule has 4 nitrogen and oxygen atoms in total. The molecule has 0 rings (SSSR count). The van der Waals surface area contributed by atoms with Gasteiger partial charge < -0.3 is 5.21 Å². The van der Waals surface area contributed by atoms with E-state index in [1.54, 1.807) is 0 Å². The average Bonchev–Trinajstić information content (AvgIpc) is 0.811. The molecule has 0 unspecified atom stereocenters. The van der Waals surface area contributed by atoms with Gasteiger partial charge in [-0.25, -0.2) is 0 Å². The van der Waals surface area contributed by atoms with Crippen molar-refractivity contribution in [1.29, 1.82) is 0 Å². The summed E-state index contributed by atoms with van der Waals surface area (Å²) in [7, 11) is 0. The van der Waals surface area contributed by atoms with Gasteiger partial charge in [0.05, 0.1) is 0 Å². The molecule has 0 heterocycles. The largest absolute Gasteiger partial charge is 0.328 e. The minimum absolute atomic E-state index is 0. The molecule has 0 amide bonds. The summed E-state index contributed by atoms with van der Waals surface area (Å²) in [6, 6.07) is 0. The first-order valence-corrected chi connectivity index (χ1v) is 0.565. The van der Waals surface area contributed by atoms with E-state index in [1.165, 1.54) is 0 Å². The van der Waals surface area contributed by atoms with Gasteiger partial charge in [0.1, 0.15) is 0 Å². The van der Waals surface area contributed by atoms with Crippen LogP contribution in [0.25, 0.3) is 0 Å². The van der Waals surface area contributed by atoms with Crippen LogP contribution >= 0.6 is 0 Å². The van der Waals surface area contributed by atoms with Crippen molar-refractivity contribution in [2.45, 2.75) is 0 Å². The maximum Gasteiger partial charge on any atom is 0.291 e. The Kier molecular flexibility index (Phi) is 6.81. The molecular weight excluding hydrogens is 254 g/mol. The minimum atomic E-state index is -1.50. The van der Waals surface area contributed by atoms with Crippen molar-refractivity contribution in [2.75, 3.05) is 0 Å². The topological polar surface area (TPSA) is 63.4 Å². The summed E-state index contributed by atoms with van der Waals surface area (Å²) in [4.78, 5) is 8.36. The molecule has 0 atom stereocenters. The zero-order valence-electron chi connectivity index (χ0n) is 2.04. The Bertz CT molecular complexity index is 29.9. The molecule has 33 valence electrons. The third-order valence-electron chi connectivity index (χ3n) is 0. The fourth-order valence-electron chi connectivity index (χ4n) is 0. The van der Waals surface area contributed by atoms with E-state index >= 15 is 0 Å². The first-order chi connectivity index (χ1) is 1.73. The second kappa shape index (κ2) is 3.85. The first-order valence-electron chi connectivity index (χ1n) is 0.565. The molecule has 1 N–H and O–H groups in total. The van der Waals surface area contributed by atoms with Crippen LogP contribution < -0.4 is 0 Å². The first kappa shape index (κ1) is 8.85. The standard InChI is InChI=1S/Ir.HNO3/c;2-1(3)4/h;(H,2,3,4). The maximum atomic E-state index is 8.36. The van der Waals surface area contributed by atoms with E-state index in [0.29, 0.717) is 0 Å². The van der Waals surface area contributed by atoms with Crippen molar-refractivity contribution in [2.24, 2.45) is 0 Å². The number of rotatable bonds is 0. The second-order valence-electron chi connectivity index (χ2n) is 0.238. The Balaban J connectivity index is 0. The van der Waals surface area contributed by atoms with Gasteiger partial charge >= 0.3 is 0 Å². The molecule has 0 fully saturated rings. The van der Waals surface area contributed by atoms with Crippen molar-refractivity contribution in [3.8, 4) is 0 Å². The van der Waals surface area contributed by atoms with Gasteiger partial charge in [0.2, 0.25) is 0 Å². The molecule has 5 heteroatoms. The van der Waals surface area contributed by atoms with E-state index < -0.39 is 5.09 Å². The van der Waals surface area contributed by atoms with Crippen LogP contribution in [0.5, 0.6) is 0 Å². The number of hydrogen-bond acceptors (Lipinski definition) is 2. The van der Waals surface area contributed by atoms with Crippen LogP contribution in [0.1, 0.15) is 0 Å². The number of nitrogens with zero attached hydrogens (tertiary/aromatic N) is 1. The fourth-order valence-corrected chi connectivity index (χ4v) is 0. The molecule has 0 aromatic heterocycles. The molecule has 0 bridgehead atoms. The molecule has 0 aliphatic rings. The zero-order chi connectivity index (χ0) is 3.58. The number of hydrogen-bond donors (Lipinski definition) is 1. The van der Waals surface area contributed by atoms with Gasteiger partial charge in [0.15, 0.2) is 0 Å². The van der Waals surface area contributed by atoms with Crippen molar-refractivity contribution < 1.29 is 30.4 Å². The smallest absolute Gasteiger partial charge is 0.291 e. The predicted octanol–water partition coefficient (Wildman–Crippen LogP) is -0.350. The third kappa shape index (κ3) is 580. The normalized spacial score (nSPS) is 4.80. The Morgan fingerprint density at radius 1 is 1.80 bits per heavy atom. The molecule has 0 aliphatic carbocycles. The predicted molar refractivity (Wildman–Crippen MR) is 8.78 cm³/mol. The fraction of sp³-hybridized carbons (Fsp3) is 0. The summed E-state index contributed by atoms with van der Waals surface area (Å²) in [6.45, 7) is 0. The van der Waals surface area contributed by atoms with E-state index in [1.807, 2.05) is 0 Å². The summed E-state index contributed by atoms with van der Waals surface area (Å²) in [5, 5.41) is 13.6. The Morgan fingerprint density at radius 2 is 1.80 bits per heavy atom. The molecule has 0 spiro atoms. The van der Waals surface area contributed by atoms with Crippen LogP contribution in [-0.4, -0.2) is 10.3 Å². The SMILES string of the molecule is O=[N+]([O-])O.[Ir]. The molecule has 0 aliphatic heterocycles. The second-order valence-corrected chi connectivity index (χ2v) is 0.238. The monoisotopic (exact) mass is 256 g/mol. The van der Waals surface area contributed by atoms with Gasteiger partial charge in [0, 0.05) is 20.1 Å². The molecule has 0 saturated carbocycles. The molecule has 5 heavy (non-hydrogen) atoms. The van der Waals surface area contributed by atoms with Crippen LogP contribution in [0, 0.1) is 10.1 Å². The summed E-state index contributed by atoms with van der Waals surface area (Å²) in [5.74, 6) is 0. The summed E-state index contributed by atoms with van der Waals surface area (Å²) in [6.07, 6.45) is 0. The quantitative estimate of drug-likeness (QED) is 0.475. The Morgan fingerprint density at radius 3 is 1.80 bits per heavy atom. The van der Waals surface area contributed by atoms with Gasteiger partial charge in [-0.3, -0.25) is 0 Å². The molecule has 1 radical (unpaired) electrons. The van der Waals surface area contributed by atoms with Gasteiger partial charge in [-0.05, 0) is 0 Å². The summed E-state index contributed by atoms with van der Waals surface area (Å²) in [5.41, 5.74) is 0. The Labute approximate surface area is 41.3 Å². The van der Waals surface area contributed by atoms with E-state index in [2.05, 4.69) is 0 Å². The van der Waals surface area contributed by atoms with Crippen molar-refractivity contribution in [3.63, 3.8) is 0 Å². The minimum Gasteiger partial charge on any atom is -0.328 e. The summed E-state index contributed by atoms with van der Waals surface area (Å²) >= 11 is 0. The van der Waals surface area contributed by atoms with Gasteiger partial charge in [0.25, 0.3) is 5.09 Å². The van der Waals surface area contributed by atoms with Crippen LogP contribution in [0.15, 0.2) is 0 Å². The van der Waals surface area contributed by atoms with E-state index in [-0.39, 0.29) is 20.1 Å². The Hall–Kier alpha value is -0.151. The van der Waals surface area contributed by atoms with Gasteiger partial charge in [-0.2, -0.15) is 0 Å². The van der Waals surface area contributed by atoms with Crippen molar-refractivity contribution in [1.82, 2.24) is 0 Å². The third-order valence-corrected chi connectivity index (χ3v) is 0. The average molecular weight is 255 g/mol. The van der Waals surface area contributed by atoms with Crippen LogP contribution in [0.3, 0.4) is 0 Å². The van der Waals surface area contributed by atoms with Gasteiger partial charge in [-0.1, -0.05) is 0 Å². The maximum absolute atomic E-state index is 8.36. The van der Waals surface area contributed by atoms with Gasteiger partial charge in [-0.15, -0.1) is 10.1 Å². The van der Waals surface area contributed by atoms with Crippen LogP contribution in [0.2, 0.25) is 0 Å². The van der Waals surface area contributed by atoms with E-state index in [0.717, 1.165) is 0 Å². The van der Waals surface area contributed by atoms with Crippen molar-refractivity contribution in [3.05, 3.63) is 10.1 Å². The van der Waals surface area contributed by atoms with Crippen LogP contribution in [0.4, 0.5) is 0 Å². The van der Waals surface area contributed by atoms with Crippen LogP contribution in [-0.2, 0) is 20.1 Å². The molecule has 0 aromatic carbocycles. The van der Waals surface area contributed by atoms with E-state index in [9.17, 15) is 0 Å². The van der Waals surface area contributed by atoms with E-state index in [4.69, 9.17) is 15.3 Å². The molecular formula is HIrNO3. The molecule has 0 aromatic rings. The molecule has 0 saturated heterocycles. The zero-order valence-corrected chi connectivity index (χ0v) is 4.44. The van der Waals surface area contributed by atoms with Crippen molar-refractivity contribution >= 4 is 0 Å².